The van der Waals surface area contributed by atoms with E-state index in [0.29, 0.717) is 5.56 Å². The van der Waals surface area contributed by atoms with E-state index in [2.05, 4.69) is 0 Å². The van der Waals surface area contributed by atoms with E-state index in [0.717, 1.165) is 17.2 Å². The number of carboxylic acids is 1. The minimum atomic E-state index is -1.04. The molecule has 0 spiro atoms. The highest BCUT2D eigenvalue weighted by molar-refractivity contribution is 5.88. The molecular weight excluding hydrogens is 411 g/mol. The van der Waals surface area contributed by atoms with Gasteiger partial charge in [0.05, 0.1) is 5.56 Å². The summed E-state index contributed by atoms with van der Waals surface area (Å²) in [5.74, 6) is -2.78. The smallest absolute Gasteiger partial charge is 0.335 e. The van der Waals surface area contributed by atoms with Gasteiger partial charge in [0.25, 0.3) is 6.47 Å². The Morgan fingerprint density at radius 3 is 2.06 bits per heavy atom. The van der Waals surface area contributed by atoms with Gasteiger partial charge < -0.3 is 9.84 Å². The molecule has 0 amide bonds. The van der Waals surface area contributed by atoms with Crippen LogP contribution in [0, 0.1) is 11.7 Å². The average molecular weight is 432 g/mol. The fourth-order valence-corrected chi connectivity index (χ4v) is 4.90. The second-order valence-electron chi connectivity index (χ2n) is 7.95. The van der Waals surface area contributed by atoms with E-state index in [4.69, 9.17) is 4.74 Å². The number of carboxylic acid groups (broad SMARTS) is 1. The van der Waals surface area contributed by atoms with Crippen molar-refractivity contribution in [3.8, 4) is 5.75 Å². The molecule has 1 saturated carbocycles. The normalized spacial score (nSPS) is 21.9. The lowest BCUT2D eigenvalue weighted by Crippen LogP contribution is -2.45. The predicted molar refractivity (Wildman–Crippen MR) is 115 cm³/mol. The van der Waals surface area contributed by atoms with E-state index >= 15 is 4.39 Å². The third-order valence-corrected chi connectivity index (χ3v) is 6.26. The minimum absolute atomic E-state index is 0.0104. The van der Waals surface area contributed by atoms with Crippen LogP contribution in [-0.2, 0) is 9.59 Å². The molecule has 4 rings (SSSR count). The van der Waals surface area contributed by atoms with Gasteiger partial charge in [-0.3, -0.25) is 9.59 Å². The van der Waals surface area contributed by atoms with Crippen molar-refractivity contribution in [2.75, 3.05) is 0 Å². The summed E-state index contributed by atoms with van der Waals surface area (Å²) < 4.78 is 19.9. The number of hydrogen-bond donors (Lipinski definition) is 1. The van der Waals surface area contributed by atoms with Crippen molar-refractivity contribution in [2.45, 2.75) is 24.7 Å². The van der Waals surface area contributed by atoms with Gasteiger partial charge in [0.1, 0.15) is 17.3 Å². The van der Waals surface area contributed by atoms with Gasteiger partial charge in [0.15, 0.2) is 0 Å². The van der Waals surface area contributed by atoms with Gasteiger partial charge >= 0.3 is 5.97 Å². The SMILES string of the molecule is CC(=O)[C@H]1[C@@H](c2ccccc2)[C@H](c2ccc(OC=O)cc2F)[C@@H]1c1ccc(C(=O)O)cc1. The maximum absolute atomic E-state index is 15.2. The number of Topliss-reactive ketones (excluding diaryl/α,β-unsaturated/α-hetero) is 1. The van der Waals surface area contributed by atoms with E-state index in [9.17, 15) is 19.5 Å². The fourth-order valence-electron chi connectivity index (χ4n) is 4.90. The van der Waals surface area contributed by atoms with Gasteiger partial charge in [-0.25, -0.2) is 9.18 Å². The highest BCUT2D eigenvalue weighted by Crippen LogP contribution is 2.63. The molecule has 0 aliphatic heterocycles. The standard InChI is InChI=1S/C26H21FO5/c1-15(29)22-23(16-5-3-2-4-6-16)25(20-12-11-19(32-14-28)13-21(20)27)24(22)17-7-9-18(10-8-17)26(30)31/h2-14,22-25H,1H3,(H,30,31)/t22-,23+,24+,25-/m0/s1. The Kier molecular flexibility index (Phi) is 5.86. The van der Waals surface area contributed by atoms with Crippen LogP contribution in [0.5, 0.6) is 5.75 Å². The quantitative estimate of drug-likeness (QED) is 0.536. The van der Waals surface area contributed by atoms with E-state index in [-0.39, 0.29) is 47.2 Å². The molecule has 0 unspecified atom stereocenters. The molecule has 0 radical (unpaired) electrons. The predicted octanol–water partition coefficient (Wildman–Crippen LogP) is 4.93. The Hall–Kier alpha value is -3.80. The van der Waals surface area contributed by atoms with Gasteiger partial charge in [0, 0.05) is 29.7 Å². The summed E-state index contributed by atoms with van der Waals surface area (Å²) in [6.07, 6.45) is 0. The number of ketones is 1. The van der Waals surface area contributed by atoms with Crippen molar-refractivity contribution in [1.29, 1.82) is 0 Å². The number of ether oxygens (including phenoxy) is 1. The van der Waals surface area contributed by atoms with Crippen LogP contribution in [-0.4, -0.2) is 23.3 Å². The molecule has 3 aromatic rings. The fraction of sp³-hybridized carbons (Fsp3) is 0.192. The van der Waals surface area contributed by atoms with Crippen molar-refractivity contribution in [2.24, 2.45) is 5.92 Å². The number of halogens is 1. The highest BCUT2D eigenvalue weighted by atomic mass is 19.1. The van der Waals surface area contributed by atoms with Gasteiger partial charge in [-0.2, -0.15) is 0 Å². The molecule has 6 heteroatoms. The maximum Gasteiger partial charge on any atom is 0.335 e. The number of carbonyl (C=O) groups is 3. The number of carbonyl (C=O) groups excluding carboxylic acids is 2. The molecule has 32 heavy (non-hydrogen) atoms. The number of rotatable bonds is 7. The van der Waals surface area contributed by atoms with Crippen LogP contribution in [0.4, 0.5) is 4.39 Å². The highest BCUT2D eigenvalue weighted by Gasteiger charge is 2.54. The molecule has 0 bridgehead atoms. The Morgan fingerprint density at radius 2 is 1.53 bits per heavy atom. The van der Waals surface area contributed by atoms with Crippen molar-refractivity contribution < 1.29 is 28.6 Å². The second kappa shape index (κ2) is 8.75. The van der Waals surface area contributed by atoms with Crippen LogP contribution in [0.25, 0.3) is 0 Å². The lowest BCUT2D eigenvalue weighted by Gasteiger charge is -2.52. The Labute approximate surface area is 184 Å². The number of aromatic carboxylic acids is 1. The Bertz CT molecular complexity index is 1160. The van der Waals surface area contributed by atoms with E-state index in [1.807, 2.05) is 30.3 Å². The zero-order valence-electron chi connectivity index (χ0n) is 17.3. The summed E-state index contributed by atoms with van der Waals surface area (Å²) in [5, 5.41) is 9.21. The molecule has 1 aliphatic rings. The van der Waals surface area contributed by atoms with Gasteiger partial charge in [-0.05, 0) is 41.8 Å². The molecule has 1 N–H and O–H groups in total. The number of hydrogen-bond acceptors (Lipinski definition) is 4. The second-order valence-corrected chi connectivity index (χ2v) is 7.95. The van der Waals surface area contributed by atoms with Gasteiger partial charge in [0.2, 0.25) is 0 Å². The van der Waals surface area contributed by atoms with E-state index in [1.165, 1.54) is 25.1 Å². The minimum Gasteiger partial charge on any atom is -0.478 e. The van der Waals surface area contributed by atoms with Crippen molar-refractivity contribution in [1.82, 2.24) is 0 Å². The summed E-state index contributed by atoms with van der Waals surface area (Å²) in [6, 6.07) is 20.2. The van der Waals surface area contributed by atoms with Crippen molar-refractivity contribution >= 4 is 18.2 Å². The molecule has 162 valence electrons. The molecule has 0 aromatic heterocycles. The third-order valence-electron chi connectivity index (χ3n) is 6.26. The molecular formula is C26H21FO5. The largest absolute Gasteiger partial charge is 0.478 e. The molecule has 3 aromatic carbocycles. The molecule has 1 aliphatic carbocycles. The lowest BCUT2D eigenvalue weighted by molar-refractivity contribution is -0.126. The van der Waals surface area contributed by atoms with Crippen molar-refractivity contribution in [3.05, 3.63) is 101 Å². The summed E-state index contributed by atoms with van der Waals surface area (Å²) in [4.78, 5) is 34.6. The topological polar surface area (TPSA) is 80.7 Å². The molecule has 0 saturated heterocycles. The van der Waals surface area contributed by atoms with Crippen LogP contribution in [0.3, 0.4) is 0 Å². The van der Waals surface area contributed by atoms with Crippen LogP contribution in [0.15, 0.2) is 72.8 Å². The molecule has 5 nitrogen and oxygen atoms in total. The van der Waals surface area contributed by atoms with Gasteiger partial charge in [-0.15, -0.1) is 0 Å². The third kappa shape index (κ3) is 3.80. The zero-order chi connectivity index (χ0) is 22.8. The molecule has 1 fully saturated rings. The van der Waals surface area contributed by atoms with Crippen LogP contribution in [0.2, 0.25) is 0 Å². The number of benzene rings is 3. The summed E-state index contributed by atoms with van der Waals surface area (Å²) in [6.45, 7) is 1.77. The van der Waals surface area contributed by atoms with Crippen molar-refractivity contribution in [3.63, 3.8) is 0 Å². The lowest BCUT2D eigenvalue weighted by atomic mass is 9.50. The Balaban J connectivity index is 1.83. The van der Waals surface area contributed by atoms with Gasteiger partial charge in [-0.1, -0.05) is 48.5 Å². The van der Waals surface area contributed by atoms with Crippen LogP contribution >= 0.6 is 0 Å². The van der Waals surface area contributed by atoms with Crippen LogP contribution in [0.1, 0.15) is 51.7 Å². The molecule has 0 heterocycles. The maximum atomic E-state index is 15.2. The first-order valence-electron chi connectivity index (χ1n) is 10.2. The summed E-state index contributed by atoms with van der Waals surface area (Å²) in [7, 11) is 0. The summed E-state index contributed by atoms with van der Waals surface area (Å²) in [5.41, 5.74) is 2.27. The monoisotopic (exact) mass is 432 g/mol. The van der Waals surface area contributed by atoms with Crippen LogP contribution < -0.4 is 4.74 Å². The van der Waals surface area contributed by atoms with E-state index < -0.39 is 11.8 Å². The first-order valence-corrected chi connectivity index (χ1v) is 10.2. The Morgan fingerprint density at radius 1 is 0.906 bits per heavy atom. The summed E-state index contributed by atoms with van der Waals surface area (Å²) >= 11 is 0. The van der Waals surface area contributed by atoms with E-state index in [1.54, 1.807) is 18.2 Å². The first-order chi connectivity index (χ1) is 15.4. The molecule has 4 atom stereocenters. The first kappa shape index (κ1) is 21.4. The average Bonchev–Trinajstić information content (AvgIpc) is 2.76. The zero-order valence-corrected chi connectivity index (χ0v) is 17.3.